The monoisotopic (exact) mass is 258 g/mol. The zero-order valence-electron chi connectivity index (χ0n) is 11.1. The quantitative estimate of drug-likeness (QED) is 0.765. The van der Waals surface area contributed by atoms with Crippen LogP contribution in [-0.2, 0) is 16.0 Å². The Morgan fingerprint density at radius 3 is 2.68 bits per heavy atom. The Hall–Kier alpha value is -1.84. The van der Waals surface area contributed by atoms with Crippen molar-refractivity contribution in [3.8, 4) is 0 Å². The molecule has 2 aliphatic heterocycles. The van der Waals surface area contributed by atoms with E-state index in [1.54, 1.807) is 11.8 Å². The van der Waals surface area contributed by atoms with Gasteiger partial charge >= 0.3 is 0 Å². The molecule has 1 saturated heterocycles. The summed E-state index contributed by atoms with van der Waals surface area (Å²) in [6.07, 6.45) is 2.07. The maximum absolute atomic E-state index is 12.5. The van der Waals surface area contributed by atoms with Crippen LogP contribution in [0, 0.1) is 5.92 Å². The average Bonchev–Trinajstić information content (AvgIpc) is 2.35. The second-order valence-corrected chi connectivity index (χ2v) is 5.34. The highest BCUT2D eigenvalue weighted by Crippen LogP contribution is 2.29. The van der Waals surface area contributed by atoms with E-state index in [9.17, 15) is 9.59 Å². The number of nitrogens with zero attached hydrogens (tertiary/aromatic N) is 2. The number of amides is 2. The topological polar surface area (TPSA) is 40.6 Å². The molecule has 0 atom stereocenters. The molecule has 0 aromatic heterocycles. The number of anilines is 1. The normalized spacial score (nSPS) is 18.8. The molecule has 2 heterocycles. The van der Waals surface area contributed by atoms with Gasteiger partial charge in [0, 0.05) is 32.2 Å². The van der Waals surface area contributed by atoms with Crippen LogP contribution in [0.25, 0.3) is 0 Å². The highest BCUT2D eigenvalue weighted by Gasteiger charge is 2.37. The number of aryl methyl sites for hydroxylation is 1. The molecule has 1 aromatic rings. The zero-order chi connectivity index (χ0) is 13.4. The van der Waals surface area contributed by atoms with E-state index in [0.717, 1.165) is 25.1 Å². The van der Waals surface area contributed by atoms with Crippen LogP contribution in [0.1, 0.15) is 18.9 Å². The predicted molar refractivity (Wildman–Crippen MR) is 72.9 cm³/mol. The average molecular weight is 258 g/mol. The zero-order valence-corrected chi connectivity index (χ0v) is 11.1. The lowest BCUT2D eigenvalue weighted by atomic mass is 9.95. The summed E-state index contributed by atoms with van der Waals surface area (Å²) in [5, 5.41) is 0. The Morgan fingerprint density at radius 2 is 1.95 bits per heavy atom. The molecule has 19 heavy (non-hydrogen) atoms. The van der Waals surface area contributed by atoms with E-state index in [1.807, 2.05) is 23.1 Å². The summed E-state index contributed by atoms with van der Waals surface area (Å²) in [6.45, 7) is 3.50. The number of hydrogen-bond donors (Lipinski definition) is 0. The van der Waals surface area contributed by atoms with Crippen molar-refractivity contribution in [3.05, 3.63) is 29.8 Å². The molecular weight excluding hydrogens is 240 g/mol. The summed E-state index contributed by atoms with van der Waals surface area (Å²) in [7, 11) is 0. The van der Waals surface area contributed by atoms with Crippen LogP contribution < -0.4 is 4.90 Å². The summed E-state index contributed by atoms with van der Waals surface area (Å²) in [4.78, 5) is 27.3. The molecule has 4 heteroatoms. The SMILES string of the molecule is CC(=O)N1CC(C(=O)N2CCCc3ccccc32)C1. The van der Waals surface area contributed by atoms with Crippen LogP contribution in [0.4, 0.5) is 5.69 Å². The maximum Gasteiger partial charge on any atom is 0.233 e. The van der Waals surface area contributed by atoms with Gasteiger partial charge in [-0.1, -0.05) is 18.2 Å². The second-order valence-electron chi connectivity index (χ2n) is 5.34. The van der Waals surface area contributed by atoms with Gasteiger partial charge in [0.25, 0.3) is 0 Å². The van der Waals surface area contributed by atoms with Crippen molar-refractivity contribution < 1.29 is 9.59 Å². The van der Waals surface area contributed by atoms with Crippen molar-refractivity contribution >= 4 is 17.5 Å². The molecule has 3 rings (SSSR count). The Labute approximate surface area is 113 Å². The third-order valence-corrected chi connectivity index (χ3v) is 4.05. The number of hydrogen-bond acceptors (Lipinski definition) is 2. The Morgan fingerprint density at radius 1 is 1.21 bits per heavy atom. The van der Waals surface area contributed by atoms with Crippen LogP contribution >= 0.6 is 0 Å². The largest absolute Gasteiger partial charge is 0.341 e. The van der Waals surface area contributed by atoms with Gasteiger partial charge in [0.05, 0.1) is 5.92 Å². The van der Waals surface area contributed by atoms with E-state index < -0.39 is 0 Å². The predicted octanol–water partition coefficient (Wildman–Crippen LogP) is 1.44. The van der Waals surface area contributed by atoms with Gasteiger partial charge in [-0.05, 0) is 24.5 Å². The first-order valence-corrected chi connectivity index (χ1v) is 6.81. The van der Waals surface area contributed by atoms with Crippen LogP contribution in [0.5, 0.6) is 0 Å². The van der Waals surface area contributed by atoms with Gasteiger partial charge in [-0.3, -0.25) is 9.59 Å². The molecule has 0 unspecified atom stereocenters. The first-order valence-electron chi connectivity index (χ1n) is 6.81. The Kier molecular flexibility index (Phi) is 3.01. The molecule has 1 aromatic carbocycles. The van der Waals surface area contributed by atoms with E-state index in [1.165, 1.54) is 5.56 Å². The lowest BCUT2D eigenvalue weighted by Gasteiger charge is -2.41. The van der Waals surface area contributed by atoms with Gasteiger partial charge < -0.3 is 9.80 Å². The molecule has 0 N–H and O–H groups in total. The summed E-state index contributed by atoms with van der Waals surface area (Å²) in [5.74, 6) is 0.211. The number of benzene rings is 1. The number of para-hydroxylation sites is 1. The smallest absolute Gasteiger partial charge is 0.233 e. The molecule has 1 fully saturated rings. The maximum atomic E-state index is 12.5. The van der Waals surface area contributed by atoms with Crippen molar-refractivity contribution in [3.63, 3.8) is 0 Å². The number of fused-ring (bicyclic) bond motifs is 1. The summed E-state index contributed by atoms with van der Waals surface area (Å²) in [6, 6.07) is 8.12. The molecule has 4 nitrogen and oxygen atoms in total. The first-order chi connectivity index (χ1) is 9.16. The minimum absolute atomic E-state index is 0.0185. The van der Waals surface area contributed by atoms with Crippen molar-refractivity contribution in [1.82, 2.24) is 4.90 Å². The van der Waals surface area contributed by atoms with Crippen LogP contribution in [0.15, 0.2) is 24.3 Å². The van der Waals surface area contributed by atoms with Gasteiger partial charge in [-0.2, -0.15) is 0 Å². The van der Waals surface area contributed by atoms with Crippen molar-refractivity contribution in [1.29, 1.82) is 0 Å². The van der Waals surface area contributed by atoms with Crippen LogP contribution in [0.3, 0.4) is 0 Å². The summed E-state index contributed by atoms with van der Waals surface area (Å²) < 4.78 is 0. The molecular formula is C15H18N2O2. The third kappa shape index (κ3) is 2.11. The lowest BCUT2D eigenvalue weighted by Crippen LogP contribution is -2.56. The number of carbonyl (C=O) groups is 2. The molecule has 0 radical (unpaired) electrons. The molecule has 0 saturated carbocycles. The van der Waals surface area contributed by atoms with Gasteiger partial charge in [-0.25, -0.2) is 0 Å². The minimum atomic E-state index is -0.0185. The molecule has 100 valence electrons. The summed E-state index contributed by atoms with van der Waals surface area (Å²) in [5.41, 5.74) is 2.31. The van der Waals surface area contributed by atoms with Crippen molar-refractivity contribution in [2.45, 2.75) is 19.8 Å². The van der Waals surface area contributed by atoms with E-state index in [-0.39, 0.29) is 17.7 Å². The van der Waals surface area contributed by atoms with Crippen LogP contribution in [0.2, 0.25) is 0 Å². The Bertz CT molecular complexity index is 521. The van der Waals surface area contributed by atoms with Gasteiger partial charge in [0.15, 0.2) is 0 Å². The van der Waals surface area contributed by atoms with Gasteiger partial charge in [0.2, 0.25) is 11.8 Å². The molecule has 0 aliphatic carbocycles. The number of carbonyl (C=O) groups excluding carboxylic acids is 2. The minimum Gasteiger partial charge on any atom is -0.341 e. The molecule has 0 bridgehead atoms. The highest BCUT2D eigenvalue weighted by atomic mass is 16.2. The highest BCUT2D eigenvalue weighted by molar-refractivity contribution is 5.97. The molecule has 0 spiro atoms. The molecule has 2 aliphatic rings. The third-order valence-electron chi connectivity index (χ3n) is 4.05. The van der Waals surface area contributed by atoms with Gasteiger partial charge in [-0.15, -0.1) is 0 Å². The van der Waals surface area contributed by atoms with Crippen LogP contribution in [-0.4, -0.2) is 36.3 Å². The van der Waals surface area contributed by atoms with Crippen molar-refractivity contribution in [2.24, 2.45) is 5.92 Å². The Balaban J connectivity index is 1.74. The van der Waals surface area contributed by atoms with E-state index in [0.29, 0.717) is 13.1 Å². The fourth-order valence-electron chi connectivity index (χ4n) is 2.87. The number of rotatable bonds is 1. The fraction of sp³-hybridized carbons (Fsp3) is 0.467. The van der Waals surface area contributed by atoms with Crippen molar-refractivity contribution in [2.75, 3.05) is 24.5 Å². The number of likely N-dealkylation sites (tertiary alicyclic amines) is 1. The fourth-order valence-corrected chi connectivity index (χ4v) is 2.87. The second kappa shape index (κ2) is 4.68. The first kappa shape index (κ1) is 12.2. The van der Waals surface area contributed by atoms with Gasteiger partial charge in [0.1, 0.15) is 0 Å². The standard InChI is InChI=1S/C15H18N2O2/c1-11(18)16-9-13(10-16)15(19)17-8-4-6-12-5-2-3-7-14(12)17/h2-3,5,7,13H,4,6,8-10H2,1H3. The lowest BCUT2D eigenvalue weighted by molar-refractivity contribution is -0.140. The van der Waals surface area contributed by atoms with E-state index in [4.69, 9.17) is 0 Å². The molecule has 2 amide bonds. The van der Waals surface area contributed by atoms with E-state index in [2.05, 4.69) is 6.07 Å². The van der Waals surface area contributed by atoms with E-state index >= 15 is 0 Å². The summed E-state index contributed by atoms with van der Waals surface area (Å²) >= 11 is 0.